The van der Waals surface area contributed by atoms with E-state index in [1.165, 1.54) is 14.2 Å². The van der Waals surface area contributed by atoms with Gasteiger partial charge in [0.2, 0.25) is 0 Å². The van der Waals surface area contributed by atoms with Gasteiger partial charge in [-0.05, 0) is 0 Å². The van der Waals surface area contributed by atoms with Gasteiger partial charge in [0.25, 0.3) is 10.2 Å². The van der Waals surface area contributed by atoms with Crippen LogP contribution >= 0.6 is 0 Å². The third-order valence-corrected chi connectivity index (χ3v) is 2.59. The first-order valence-corrected chi connectivity index (χ1v) is 5.32. The van der Waals surface area contributed by atoms with E-state index in [-0.39, 0.29) is 13.0 Å². The van der Waals surface area contributed by atoms with Crippen LogP contribution in [0, 0.1) is 0 Å². The Morgan fingerprint density at radius 2 is 2.14 bits per heavy atom. The average molecular weight is 226 g/mol. The Morgan fingerprint density at radius 3 is 2.50 bits per heavy atom. The summed E-state index contributed by atoms with van der Waals surface area (Å²) >= 11 is 0. The molecule has 0 aliphatic rings. The van der Waals surface area contributed by atoms with Gasteiger partial charge in [-0.1, -0.05) is 0 Å². The Hall–Kier alpha value is -0.700. The fourth-order valence-corrected chi connectivity index (χ4v) is 1.26. The van der Waals surface area contributed by atoms with E-state index < -0.39 is 22.3 Å². The Morgan fingerprint density at radius 1 is 1.57 bits per heavy atom. The fourth-order valence-electron chi connectivity index (χ4n) is 0.708. The highest BCUT2D eigenvalue weighted by Crippen LogP contribution is 1.95. The number of hydrogen-bond acceptors (Lipinski definition) is 4. The van der Waals surface area contributed by atoms with Crippen molar-refractivity contribution < 1.29 is 23.1 Å². The van der Waals surface area contributed by atoms with E-state index in [0.29, 0.717) is 0 Å². The smallest absolute Gasteiger partial charge is 0.306 e. The lowest BCUT2D eigenvalue weighted by molar-refractivity contribution is -0.139. The molecule has 0 spiro atoms. The summed E-state index contributed by atoms with van der Waals surface area (Å²) in [5.74, 6) is -1.04. The van der Waals surface area contributed by atoms with Crippen LogP contribution in [-0.4, -0.2) is 46.3 Å². The van der Waals surface area contributed by atoms with Crippen molar-refractivity contribution in [3.63, 3.8) is 0 Å². The average Bonchev–Trinajstić information content (AvgIpc) is 2.12. The zero-order valence-electron chi connectivity index (χ0n) is 7.98. The van der Waals surface area contributed by atoms with Crippen LogP contribution in [0.4, 0.5) is 0 Å². The molecule has 0 amide bonds. The number of carbonyl (C=O) groups is 1. The van der Waals surface area contributed by atoms with Crippen molar-refractivity contribution in [1.82, 2.24) is 9.44 Å². The number of rotatable bonds is 7. The van der Waals surface area contributed by atoms with Gasteiger partial charge in [0, 0.05) is 20.7 Å². The van der Waals surface area contributed by atoms with Crippen molar-refractivity contribution in [2.75, 3.05) is 20.7 Å². The first-order valence-electron chi connectivity index (χ1n) is 3.84. The summed E-state index contributed by atoms with van der Waals surface area (Å²) in [5.41, 5.74) is 0. The van der Waals surface area contributed by atoms with Crippen molar-refractivity contribution in [3.05, 3.63) is 0 Å². The molecule has 7 nitrogen and oxygen atoms in total. The summed E-state index contributed by atoms with van der Waals surface area (Å²) < 4.78 is 30.7. The van der Waals surface area contributed by atoms with E-state index in [9.17, 15) is 13.2 Å². The second kappa shape index (κ2) is 5.91. The molecule has 84 valence electrons. The second-order valence-electron chi connectivity index (χ2n) is 2.51. The van der Waals surface area contributed by atoms with Crippen LogP contribution in [0.2, 0.25) is 0 Å². The van der Waals surface area contributed by atoms with E-state index in [0.717, 1.165) is 0 Å². The zero-order chi connectivity index (χ0) is 11.2. The summed E-state index contributed by atoms with van der Waals surface area (Å²) in [6.07, 6.45) is -0.918. The monoisotopic (exact) mass is 226 g/mol. The van der Waals surface area contributed by atoms with Gasteiger partial charge in [-0.25, -0.2) is 4.72 Å². The summed E-state index contributed by atoms with van der Waals surface area (Å²) in [4.78, 5) is 10.3. The lowest BCUT2D eigenvalue weighted by Crippen LogP contribution is -2.39. The lowest BCUT2D eigenvalue weighted by Gasteiger charge is -2.13. The van der Waals surface area contributed by atoms with Gasteiger partial charge in [0.15, 0.2) is 0 Å². The minimum Gasteiger partial charge on any atom is -0.481 e. The molecule has 0 aromatic heterocycles. The van der Waals surface area contributed by atoms with Crippen molar-refractivity contribution in [1.29, 1.82) is 0 Å². The predicted molar refractivity (Wildman–Crippen MR) is 49.0 cm³/mol. The topological polar surface area (TPSA) is 105 Å². The molecule has 0 aliphatic carbocycles. The maximum atomic E-state index is 10.9. The number of carboxylic acid groups (broad SMARTS) is 1. The molecule has 0 heterocycles. The molecule has 3 N–H and O–H groups in total. The Kier molecular flexibility index (Phi) is 5.62. The Labute approximate surface area is 82.6 Å². The van der Waals surface area contributed by atoms with Gasteiger partial charge < -0.3 is 9.84 Å². The molecule has 0 bridgehead atoms. The SMILES string of the molecule is CNS(=O)(=O)NCC(CC(=O)O)OC. The van der Waals surface area contributed by atoms with Gasteiger partial charge in [-0.15, -0.1) is 0 Å². The fraction of sp³-hybridized carbons (Fsp3) is 0.833. The molecule has 0 aliphatic heterocycles. The van der Waals surface area contributed by atoms with Gasteiger partial charge in [-0.2, -0.15) is 13.1 Å². The predicted octanol–water partition coefficient (Wildman–Crippen LogP) is -1.47. The molecule has 0 fully saturated rings. The number of methoxy groups -OCH3 is 1. The highest BCUT2D eigenvalue weighted by Gasteiger charge is 2.15. The van der Waals surface area contributed by atoms with Gasteiger partial charge >= 0.3 is 5.97 Å². The summed E-state index contributed by atoms with van der Waals surface area (Å²) in [5, 5.41) is 8.43. The molecule has 0 radical (unpaired) electrons. The third-order valence-electron chi connectivity index (χ3n) is 1.51. The van der Waals surface area contributed by atoms with Crippen LogP contribution in [0.25, 0.3) is 0 Å². The lowest BCUT2D eigenvalue weighted by atomic mass is 10.2. The van der Waals surface area contributed by atoms with Crippen molar-refractivity contribution in [2.45, 2.75) is 12.5 Å². The van der Waals surface area contributed by atoms with E-state index in [2.05, 4.69) is 4.72 Å². The molecule has 0 rings (SSSR count). The van der Waals surface area contributed by atoms with Crippen molar-refractivity contribution in [2.24, 2.45) is 0 Å². The number of carboxylic acids is 1. The number of nitrogens with one attached hydrogen (secondary N) is 2. The second-order valence-corrected chi connectivity index (χ2v) is 4.22. The Balaban J connectivity index is 4.02. The third kappa shape index (κ3) is 5.86. The van der Waals surface area contributed by atoms with Crippen molar-refractivity contribution in [3.8, 4) is 0 Å². The molecule has 1 atom stereocenters. The van der Waals surface area contributed by atoms with Crippen LogP contribution in [0.1, 0.15) is 6.42 Å². The summed E-state index contributed by atoms with van der Waals surface area (Å²) in [7, 11) is -0.961. The number of aliphatic carboxylic acids is 1. The largest absolute Gasteiger partial charge is 0.481 e. The molecule has 0 aromatic rings. The van der Waals surface area contributed by atoms with Gasteiger partial charge in [0.1, 0.15) is 0 Å². The minimum atomic E-state index is -3.53. The maximum absolute atomic E-state index is 10.9. The molecule has 0 saturated carbocycles. The summed E-state index contributed by atoms with van der Waals surface area (Å²) in [6.45, 7) is -0.0774. The molecular formula is C6H14N2O5S. The number of hydrogen-bond donors (Lipinski definition) is 3. The zero-order valence-corrected chi connectivity index (χ0v) is 8.80. The quantitative estimate of drug-likeness (QED) is 0.491. The van der Waals surface area contributed by atoms with E-state index in [1.807, 2.05) is 4.72 Å². The highest BCUT2D eigenvalue weighted by atomic mass is 32.2. The summed E-state index contributed by atoms with van der Waals surface area (Å²) in [6, 6.07) is 0. The molecule has 14 heavy (non-hydrogen) atoms. The molecule has 8 heteroatoms. The van der Waals surface area contributed by atoms with Gasteiger partial charge in [-0.3, -0.25) is 4.79 Å². The minimum absolute atomic E-state index is 0.0774. The standard InChI is InChI=1S/C6H14N2O5S/c1-7-14(11,12)8-4-5(13-2)3-6(9)10/h5,7-8H,3-4H2,1-2H3,(H,9,10). The van der Waals surface area contributed by atoms with Crippen molar-refractivity contribution >= 4 is 16.2 Å². The van der Waals surface area contributed by atoms with Gasteiger partial charge in [0.05, 0.1) is 12.5 Å². The Bertz CT molecular complexity index is 276. The van der Waals surface area contributed by atoms with Crippen LogP contribution in [0.15, 0.2) is 0 Å². The van der Waals surface area contributed by atoms with Crippen LogP contribution in [0.3, 0.4) is 0 Å². The molecular weight excluding hydrogens is 212 g/mol. The molecule has 1 unspecified atom stereocenters. The van der Waals surface area contributed by atoms with Crippen LogP contribution in [0.5, 0.6) is 0 Å². The van der Waals surface area contributed by atoms with E-state index >= 15 is 0 Å². The van der Waals surface area contributed by atoms with Crippen LogP contribution in [-0.2, 0) is 19.7 Å². The normalized spacial score (nSPS) is 13.9. The maximum Gasteiger partial charge on any atom is 0.306 e. The molecule has 0 saturated heterocycles. The molecule has 0 aromatic carbocycles. The van der Waals surface area contributed by atoms with E-state index in [1.54, 1.807) is 0 Å². The van der Waals surface area contributed by atoms with E-state index in [4.69, 9.17) is 9.84 Å². The first kappa shape index (κ1) is 13.3. The first-order chi connectivity index (χ1) is 6.41. The van der Waals surface area contributed by atoms with Crippen LogP contribution < -0.4 is 9.44 Å². The number of ether oxygens (including phenoxy) is 1. The highest BCUT2D eigenvalue weighted by molar-refractivity contribution is 7.87.